The topological polar surface area (TPSA) is 68.5 Å². The van der Waals surface area contributed by atoms with Crippen molar-refractivity contribution in [3.05, 3.63) is 47.7 Å². The Balaban J connectivity index is 1.58. The van der Waals surface area contributed by atoms with E-state index in [9.17, 15) is 4.79 Å². The van der Waals surface area contributed by atoms with Crippen molar-refractivity contribution >= 4 is 5.91 Å². The van der Waals surface area contributed by atoms with E-state index in [1.54, 1.807) is 18.9 Å². The molecule has 26 heavy (non-hydrogen) atoms. The Bertz CT molecular complexity index is 770. The summed E-state index contributed by atoms with van der Waals surface area (Å²) in [5, 5.41) is 8.72. The number of ether oxygens (including phenoxy) is 1. The van der Waals surface area contributed by atoms with Crippen molar-refractivity contribution < 1.29 is 13.9 Å². The lowest BCUT2D eigenvalue weighted by atomic mass is 9.65. The largest absolute Gasteiger partial charge is 0.422 e. The molecule has 6 heteroatoms. The molecule has 2 aliphatic rings. The summed E-state index contributed by atoms with van der Waals surface area (Å²) in [5.41, 5.74) is 1.23. The monoisotopic (exact) mass is 355 g/mol. The summed E-state index contributed by atoms with van der Waals surface area (Å²) in [7, 11) is 1.67. The highest BCUT2D eigenvalue weighted by Gasteiger charge is 2.45. The minimum absolute atomic E-state index is 0.0111. The third-order valence-corrected chi connectivity index (χ3v) is 5.88. The Kier molecular flexibility index (Phi) is 4.53. The lowest BCUT2D eigenvalue weighted by molar-refractivity contribution is -0.130. The van der Waals surface area contributed by atoms with Crippen LogP contribution in [0.15, 0.2) is 34.7 Å². The van der Waals surface area contributed by atoms with Crippen molar-refractivity contribution in [3.8, 4) is 0 Å². The zero-order valence-electron chi connectivity index (χ0n) is 15.4. The Morgan fingerprint density at radius 3 is 2.69 bits per heavy atom. The van der Waals surface area contributed by atoms with E-state index in [1.165, 1.54) is 12.0 Å². The van der Waals surface area contributed by atoms with E-state index >= 15 is 0 Å². The molecule has 1 amide bonds. The Morgan fingerprint density at radius 1 is 1.31 bits per heavy atom. The molecule has 2 fully saturated rings. The first-order valence-electron chi connectivity index (χ1n) is 9.29. The third kappa shape index (κ3) is 3.03. The lowest BCUT2D eigenvalue weighted by Gasteiger charge is -2.38. The van der Waals surface area contributed by atoms with Crippen molar-refractivity contribution in [2.75, 3.05) is 13.7 Å². The molecule has 0 radical (unpaired) electrons. The van der Waals surface area contributed by atoms with E-state index in [1.807, 2.05) is 6.07 Å². The maximum atomic E-state index is 12.0. The van der Waals surface area contributed by atoms with Crippen LogP contribution in [0.25, 0.3) is 0 Å². The number of carbonyl (C=O) groups is 1. The van der Waals surface area contributed by atoms with Crippen molar-refractivity contribution in [2.24, 2.45) is 0 Å². The van der Waals surface area contributed by atoms with Gasteiger partial charge in [-0.25, -0.2) is 0 Å². The molecular weight excluding hydrogens is 330 g/mol. The molecule has 2 atom stereocenters. The van der Waals surface area contributed by atoms with Gasteiger partial charge >= 0.3 is 0 Å². The second kappa shape index (κ2) is 6.83. The van der Waals surface area contributed by atoms with Crippen molar-refractivity contribution in [1.82, 2.24) is 15.1 Å². The average molecular weight is 355 g/mol. The maximum absolute atomic E-state index is 12.0. The highest BCUT2D eigenvalue weighted by atomic mass is 16.5. The first-order chi connectivity index (χ1) is 12.6. The summed E-state index contributed by atoms with van der Waals surface area (Å²) in [6, 6.07) is 10.3. The van der Waals surface area contributed by atoms with Gasteiger partial charge in [0.2, 0.25) is 17.7 Å². The Hall–Kier alpha value is -2.21. The molecule has 1 aliphatic carbocycles. The number of likely N-dealkylation sites (tertiary alicyclic amines) is 1. The number of rotatable bonds is 5. The molecule has 0 N–H and O–H groups in total. The summed E-state index contributed by atoms with van der Waals surface area (Å²) >= 11 is 0. The van der Waals surface area contributed by atoms with Gasteiger partial charge < -0.3 is 14.1 Å². The van der Waals surface area contributed by atoms with Gasteiger partial charge in [-0.15, -0.1) is 10.2 Å². The number of hydrogen-bond acceptors (Lipinski definition) is 5. The van der Waals surface area contributed by atoms with Gasteiger partial charge in [0, 0.05) is 27.0 Å². The van der Waals surface area contributed by atoms with Gasteiger partial charge in [-0.05, 0) is 24.8 Å². The first kappa shape index (κ1) is 17.2. The fraction of sp³-hybridized carbons (Fsp3) is 0.550. The minimum Gasteiger partial charge on any atom is -0.422 e. The summed E-state index contributed by atoms with van der Waals surface area (Å²) in [5.74, 6) is 1.26. The molecule has 1 aliphatic heterocycles. The van der Waals surface area contributed by atoms with E-state index in [0.29, 0.717) is 24.7 Å². The van der Waals surface area contributed by atoms with Gasteiger partial charge in [0.15, 0.2) is 0 Å². The van der Waals surface area contributed by atoms with Gasteiger partial charge in [0.25, 0.3) is 0 Å². The lowest BCUT2D eigenvalue weighted by Crippen LogP contribution is -2.37. The van der Waals surface area contributed by atoms with Crippen LogP contribution in [0.2, 0.25) is 0 Å². The molecule has 0 spiro atoms. The molecule has 0 bridgehead atoms. The summed E-state index contributed by atoms with van der Waals surface area (Å²) in [6.45, 7) is 2.15. The molecule has 2 heterocycles. The van der Waals surface area contributed by atoms with Gasteiger partial charge in [-0.1, -0.05) is 36.8 Å². The highest BCUT2D eigenvalue weighted by molar-refractivity contribution is 5.74. The van der Waals surface area contributed by atoms with Crippen LogP contribution in [0, 0.1) is 0 Å². The van der Waals surface area contributed by atoms with Crippen LogP contribution in [0.3, 0.4) is 0 Å². The number of amides is 1. The molecule has 2 aromatic rings. The van der Waals surface area contributed by atoms with Gasteiger partial charge in [-0.2, -0.15) is 0 Å². The fourth-order valence-corrected chi connectivity index (χ4v) is 4.19. The van der Waals surface area contributed by atoms with Crippen LogP contribution in [0.1, 0.15) is 56.0 Å². The van der Waals surface area contributed by atoms with Crippen molar-refractivity contribution in [3.63, 3.8) is 0 Å². The molecule has 1 aromatic heterocycles. The summed E-state index contributed by atoms with van der Waals surface area (Å²) < 4.78 is 11.6. The van der Waals surface area contributed by atoms with Gasteiger partial charge in [0.05, 0.1) is 11.5 Å². The van der Waals surface area contributed by atoms with Gasteiger partial charge in [-0.3, -0.25) is 4.79 Å². The Morgan fingerprint density at radius 2 is 2.08 bits per heavy atom. The first-order valence-corrected chi connectivity index (χ1v) is 9.29. The van der Waals surface area contributed by atoms with E-state index in [-0.39, 0.29) is 23.5 Å². The van der Waals surface area contributed by atoms with Crippen LogP contribution in [-0.4, -0.2) is 40.8 Å². The van der Waals surface area contributed by atoms with Crippen LogP contribution in [-0.2, 0) is 21.4 Å². The molecular formula is C20H25N3O3. The third-order valence-electron chi connectivity index (χ3n) is 5.88. The minimum atomic E-state index is -0.187. The highest BCUT2D eigenvalue weighted by Crippen LogP contribution is 2.46. The Labute approximate surface area is 153 Å². The van der Waals surface area contributed by atoms with Crippen LogP contribution < -0.4 is 0 Å². The molecule has 138 valence electrons. The summed E-state index contributed by atoms with van der Waals surface area (Å²) in [6.07, 6.45) is 4.93. The summed E-state index contributed by atoms with van der Waals surface area (Å²) in [4.78, 5) is 13.8. The zero-order chi connectivity index (χ0) is 18.1. The predicted octanol–water partition coefficient (Wildman–Crippen LogP) is 3.04. The van der Waals surface area contributed by atoms with E-state index in [0.717, 1.165) is 19.3 Å². The molecule has 1 saturated carbocycles. The quantitative estimate of drug-likeness (QED) is 0.824. The molecule has 1 saturated heterocycles. The fourth-order valence-electron chi connectivity index (χ4n) is 4.19. The molecule has 4 rings (SSSR count). The molecule has 0 unspecified atom stereocenters. The smallest absolute Gasteiger partial charge is 0.239 e. The van der Waals surface area contributed by atoms with Crippen molar-refractivity contribution in [2.45, 2.75) is 56.6 Å². The van der Waals surface area contributed by atoms with Crippen LogP contribution >= 0.6 is 0 Å². The SMILES string of the molecule is CO[C@H]1C[C@H](c2nnc(C3(Cc4ccccc4)CCC3)o2)N(C(C)=O)C1. The molecule has 6 nitrogen and oxygen atoms in total. The molecule has 1 aromatic carbocycles. The van der Waals surface area contributed by atoms with Crippen LogP contribution in [0.5, 0.6) is 0 Å². The van der Waals surface area contributed by atoms with E-state index < -0.39 is 0 Å². The number of carbonyl (C=O) groups excluding carboxylic acids is 1. The zero-order valence-corrected chi connectivity index (χ0v) is 15.4. The number of hydrogen-bond donors (Lipinski definition) is 0. The second-order valence-electron chi connectivity index (χ2n) is 7.52. The number of methoxy groups -OCH3 is 1. The van der Waals surface area contributed by atoms with E-state index in [2.05, 4.69) is 34.5 Å². The van der Waals surface area contributed by atoms with E-state index in [4.69, 9.17) is 9.15 Å². The predicted molar refractivity (Wildman–Crippen MR) is 95.5 cm³/mol. The average Bonchev–Trinajstić information content (AvgIpc) is 3.26. The number of aromatic nitrogens is 2. The van der Waals surface area contributed by atoms with Gasteiger partial charge in [0.1, 0.15) is 6.04 Å². The standard InChI is InChI=1S/C20H25N3O3/c1-14(24)23-13-16(25-2)11-17(23)18-21-22-19(26-18)20(9-6-10-20)12-15-7-4-3-5-8-15/h3-5,7-8,16-17H,6,9-13H2,1-2H3/t16-,17+/m0/s1. The van der Waals surface area contributed by atoms with Crippen molar-refractivity contribution in [1.29, 1.82) is 0 Å². The second-order valence-corrected chi connectivity index (χ2v) is 7.52. The number of nitrogens with zero attached hydrogens (tertiary/aromatic N) is 3. The maximum Gasteiger partial charge on any atom is 0.239 e. The number of benzene rings is 1. The normalized spacial score (nSPS) is 24.5. The van der Waals surface area contributed by atoms with Crippen LogP contribution in [0.4, 0.5) is 0 Å².